The smallest absolute Gasteiger partial charge is 0.167 e. The molecular weight excluding hydrogens is 368 g/mol. The molecule has 0 N–H and O–H groups in total. The van der Waals surface area contributed by atoms with E-state index in [-0.39, 0.29) is 16.5 Å². The molecule has 2 atom stereocenters. The van der Waals surface area contributed by atoms with E-state index in [9.17, 15) is 4.79 Å². The number of halogens is 2. The number of rotatable bonds is 4. The number of benzene rings is 2. The lowest BCUT2D eigenvalue weighted by molar-refractivity contribution is 0.0929. The molecule has 0 spiro atoms. The molecule has 0 aliphatic rings. The molecule has 2 aromatic carbocycles. The van der Waals surface area contributed by atoms with Crippen LogP contribution in [-0.4, -0.2) is 5.78 Å². The van der Waals surface area contributed by atoms with Gasteiger partial charge >= 0.3 is 0 Å². The van der Waals surface area contributed by atoms with E-state index in [2.05, 4.69) is 31.9 Å². The predicted octanol–water partition coefficient (Wildman–Crippen LogP) is 5.40. The number of hydrogen-bond acceptors (Lipinski definition) is 1. The predicted molar refractivity (Wildman–Crippen MR) is 85.7 cm³/mol. The van der Waals surface area contributed by atoms with E-state index < -0.39 is 0 Å². The summed E-state index contributed by atoms with van der Waals surface area (Å²) in [5, 5.41) is 0. The third-order valence-corrected chi connectivity index (χ3v) is 4.95. The number of carbonyl (C=O) groups is 1. The zero-order chi connectivity index (χ0) is 13.8. The Hall–Kier alpha value is -0.930. The molecule has 0 unspecified atom stereocenters. The third kappa shape index (κ3) is 3.54. The van der Waals surface area contributed by atoms with E-state index in [1.807, 2.05) is 61.5 Å². The molecule has 2 rings (SSSR count). The normalized spacial score (nSPS) is 13.8. The van der Waals surface area contributed by atoms with Gasteiger partial charge < -0.3 is 0 Å². The summed E-state index contributed by atoms with van der Waals surface area (Å²) >= 11 is 7.01. The number of hydrogen-bond donors (Lipinski definition) is 0. The number of carbonyl (C=O) groups excluding carboxylic acids is 1. The van der Waals surface area contributed by atoms with Crippen LogP contribution in [0.5, 0.6) is 0 Å². The fourth-order valence-electron chi connectivity index (χ4n) is 1.94. The largest absolute Gasteiger partial charge is 0.294 e. The maximum atomic E-state index is 12.4. The van der Waals surface area contributed by atoms with Crippen molar-refractivity contribution >= 4 is 37.6 Å². The Labute approximate surface area is 130 Å². The maximum absolute atomic E-state index is 12.4. The summed E-state index contributed by atoms with van der Waals surface area (Å²) in [4.78, 5) is 12.5. The van der Waals surface area contributed by atoms with Crippen LogP contribution < -0.4 is 0 Å². The molecule has 0 heterocycles. The Kier molecular flexibility index (Phi) is 4.94. The summed E-state index contributed by atoms with van der Waals surface area (Å²) in [5.41, 5.74) is 1.87. The molecule has 3 heteroatoms. The molecule has 0 saturated carbocycles. The highest BCUT2D eigenvalue weighted by atomic mass is 79.9. The lowest BCUT2D eigenvalue weighted by atomic mass is 9.93. The molecule has 0 saturated heterocycles. The van der Waals surface area contributed by atoms with Crippen molar-refractivity contribution < 1.29 is 4.79 Å². The van der Waals surface area contributed by atoms with E-state index in [0.717, 1.165) is 15.6 Å². The maximum Gasteiger partial charge on any atom is 0.167 e. The number of ketones is 1. The lowest BCUT2D eigenvalue weighted by Gasteiger charge is -2.17. The first-order valence-electron chi connectivity index (χ1n) is 6.08. The Morgan fingerprint density at radius 1 is 1.00 bits per heavy atom. The van der Waals surface area contributed by atoms with E-state index >= 15 is 0 Å². The van der Waals surface area contributed by atoms with Crippen LogP contribution in [0.3, 0.4) is 0 Å². The lowest BCUT2D eigenvalue weighted by Crippen LogP contribution is -2.16. The van der Waals surface area contributed by atoms with Crippen LogP contribution in [0.4, 0.5) is 0 Å². The van der Waals surface area contributed by atoms with Gasteiger partial charge in [0.05, 0.1) is 0 Å². The van der Waals surface area contributed by atoms with Crippen LogP contribution in [0, 0.1) is 5.92 Å². The van der Waals surface area contributed by atoms with Gasteiger partial charge in [0.15, 0.2) is 5.78 Å². The molecule has 19 heavy (non-hydrogen) atoms. The average Bonchev–Trinajstić information content (AvgIpc) is 2.46. The molecule has 0 radical (unpaired) electrons. The summed E-state index contributed by atoms with van der Waals surface area (Å²) in [6.07, 6.45) is 0. The molecule has 0 bridgehead atoms. The standard InChI is InChI=1S/C16H14Br2O/c1-11(15(18)12-5-3-2-4-6-12)16(19)13-7-9-14(17)10-8-13/h2-11,15H,1H3/t11-,15-/m0/s1. The molecule has 0 aliphatic heterocycles. The summed E-state index contributed by atoms with van der Waals surface area (Å²) in [7, 11) is 0. The third-order valence-electron chi connectivity index (χ3n) is 3.10. The van der Waals surface area contributed by atoms with Crippen LogP contribution in [0.15, 0.2) is 59.1 Å². The Bertz CT molecular complexity index is 549. The Morgan fingerprint density at radius 2 is 1.58 bits per heavy atom. The van der Waals surface area contributed by atoms with Crippen molar-refractivity contribution in [3.63, 3.8) is 0 Å². The average molecular weight is 382 g/mol. The molecule has 2 aromatic rings. The fraction of sp³-hybridized carbons (Fsp3) is 0.188. The Morgan fingerprint density at radius 3 is 2.16 bits per heavy atom. The second-order valence-corrected chi connectivity index (χ2v) is 6.37. The van der Waals surface area contributed by atoms with Crippen LogP contribution in [0.1, 0.15) is 27.7 Å². The van der Waals surface area contributed by atoms with Crippen molar-refractivity contribution in [3.05, 3.63) is 70.2 Å². The molecule has 0 aromatic heterocycles. The zero-order valence-corrected chi connectivity index (χ0v) is 13.7. The second kappa shape index (κ2) is 6.49. The van der Waals surface area contributed by atoms with Crippen molar-refractivity contribution in [2.45, 2.75) is 11.8 Å². The summed E-state index contributed by atoms with van der Waals surface area (Å²) < 4.78 is 0.982. The molecule has 98 valence electrons. The van der Waals surface area contributed by atoms with E-state index in [0.29, 0.717) is 0 Å². The minimum Gasteiger partial charge on any atom is -0.294 e. The van der Waals surface area contributed by atoms with Gasteiger partial charge in [-0.15, -0.1) is 0 Å². The van der Waals surface area contributed by atoms with Gasteiger partial charge in [-0.25, -0.2) is 0 Å². The summed E-state index contributed by atoms with van der Waals surface area (Å²) in [5.74, 6) is 0.0433. The van der Waals surface area contributed by atoms with Gasteiger partial charge in [0.25, 0.3) is 0 Å². The van der Waals surface area contributed by atoms with Gasteiger partial charge in [-0.3, -0.25) is 4.79 Å². The first-order chi connectivity index (χ1) is 9.09. The van der Waals surface area contributed by atoms with Crippen molar-refractivity contribution in [1.82, 2.24) is 0 Å². The van der Waals surface area contributed by atoms with Crippen molar-refractivity contribution in [3.8, 4) is 0 Å². The topological polar surface area (TPSA) is 17.1 Å². The van der Waals surface area contributed by atoms with E-state index in [1.54, 1.807) is 0 Å². The first-order valence-corrected chi connectivity index (χ1v) is 7.79. The van der Waals surface area contributed by atoms with E-state index in [1.165, 1.54) is 0 Å². The Balaban J connectivity index is 2.17. The molecule has 0 amide bonds. The van der Waals surface area contributed by atoms with Crippen molar-refractivity contribution in [2.75, 3.05) is 0 Å². The minimum absolute atomic E-state index is 0.0323. The van der Waals surface area contributed by atoms with Crippen molar-refractivity contribution in [1.29, 1.82) is 0 Å². The summed E-state index contributed by atoms with van der Waals surface area (Å²) in [6, 6.07) is 17.5. The quantitative estimate of drug-likeness (QED) is 0.511. The highest BCUT2D eigenvalue weighted by Gasteiger charge is 2.23. The van der Waals surface area contributed by atoms with Gasteiger partial charge in [0.2, 0.25) is 0 Å². The van der Waals surface area contributed by atoms with E-state index in [4.69, 9.17) is 0 Å². The number of alkyl halides is 1. The van der Waals surface area contributed by atoms with Crippen LogP contribution in [-0.2, 0) is 0 Å². The molecule has 0 aliphatic carbocycles. The molecule has 0 fully saturated rings. The highest BCUT2D eigenvalue weighted by molar-refractivity contribution is 9.10. The zero-order valence-electron chi connectivity index (χ0n) is 10.5. The fourth-order valence-corrected chi connectivity index (χ4v) is 2.75. The minimum atomic E-state index is -0.108. The van der Waals surface area contributed by atoms with Gasteiger partial charge in [-0.1, -0.05) is 81.2 Å². The molecule has 1 nitrogen and oxygen atoms in total. The van der Waals surface area contributed by atoms with Crippen LogP contribution in [0.25, 0.3) is 0 Å². The summed E-state index contributed by atoms with van der Waals surface area (Å²) in [6.45, 7) is 1.96. The van der Waals surface area contributed by atoms with Crippen molar-refractivity contribution in [2.24, 2.45) is 5.92 Å². The van der Waals surface area contributed by atoms with Gasteiger partial charge in [0, 0.05) is 20.8 Å². The first kappa shape index (κ1) is 14.5. The van der Waals surface area contributed by atoms with Gasteiger partial charge in [-0.05, 0) is 17.7 Å². The van der Waals surface area contributed by atoms with Gasteiger partial charge in [-0.2, -0.15) is 0 Å². The SMILES string of the molecule is C[C@H](C(=O)c1ccc(Br)cc1)[C@H](Br)c1ccccc1. The molecular formula is C16H14Br2O. The highest BCUT2D eigenvalue weighted by Crippen LogP contribution is 2.32. The second-order valence-electron chi connectivity index (χ2n) is 4.47. The monoisotopic (exact) mass is 380 g/mol. The van der Waals surface area contributed by atoms with Gasteiger partial charge in [0.1, 0.15) is 0 Å². The number of Topliss-reactive ketones (excluding diaryl/α,β-unsaturated/α-hetero) is 1. The van der Waals surface area contributed by atoms with Crippen LogP contribution in [0.2, 0.25) is 0 Å². The van der Waals surface area contributed by atoms with Crippen LogP contribution >= 0.6 is 31.9 Å².